The fourth-order valence-corrected chi connectivity index (χ4v) is 2.50. The highest BCUT2D eigenvalue weighted by Gasteiger charge is 2.17. The van der Waals surface area contributed by atoms with Crippen LogP contribution in [0.15, 0.2) is 23.0 Å². The van der Waals surface area contributed by atoms with Crippen LogP contribution in [0.3, 0.4) is 0 Å². The van der Waals surface area contributed by atoms with Gasteiger partial charge in [0, 0.05) is 26.2 Å². The van der Waals surface area contributed by atoms with E-state index in [4.69, 9.17) is 4.74 Å². The number of hydrogen-bond acceptors (Lipinski definition) is 4. The molecular formula is C15H14F3N3O2. The van der Waals surface area contributed by atoms with Gasteiger partial charge >= 0.3 is 5.69 Å². The molecule has 0 unspecified atom stereocenters. The maximum atomic E-state index is 13.2. The highest BCUT2D eigenvalue weighted by molar-refractivity contribution is 5.42. The molecule has 2 aromatic rings. The van der Waals surface area contributed by atoms with E-state index in [2.05, 4.69) is 4.98 Å². The van der Waals surface area contributed by atoms with E-state index in [0.717, 1.165) is 25.1 Å². The van der Waals surface area contributed by atoms with Crippen molar-refractivity contribution in [3.8, 4) is 5.88 Å². The minimum Gasteiger partial charge on any atom is -0.473 e. The van der Waals surface area contributed by atoms with Crippen molar-refractivity contribution in [3.05, 3.63) is 51.7 Å². The second kappa shape index (κ2) is 5.94. The minimum absolute atomic E-state index is 0.0557. The summed E-state index contributed by atoms with van der Waals surface area (Å²) in [7, 11) is 1.85. The maximum Gasteiger partial charge on any atom is 0.352 e. The Balaban J connectivity index is 1.83. The van der Waals surface area contributed by atoms with E-state index >= 15 is 0 Å². The summed E-state index contributed by atoms with van der Waals surface area (Å²) in [5, 5.41) is 0. The molecule has 23 heavy (non-hydrogen) atoms. The molecule has 0 saturated heterocycles. The van der Waals surface area contributed by atoms with Crippen LogP contribution in [-0.4, -0.2) is 23.1 Å². The van der Waals surface area contributed by atoms with Crippen molar-refractivity contribution in [3.63, 3.8) is 0 Å². The predicted octanol–water partition coefficient (Wildman–Crippen LogP) is 2.08. The van der Waals surface area contributed by atoms with Gasteiger partial charge in [0.2, 0.25) is 5.88 Å². The third-order valence-corrected chi connectivity index (χ3v) is 3.66. The van der Waals surface area contributed by atoms with Crippen LogP contribution in [-0.2, 0) is 13.2 Å². The summed E-state index contributed by atoms with van der Waals surface area (Å²) >= 11 is 0. The molecule has 1 aliphatic rings. The van der Waals surface area contributed by atoms with Crippen molar-refractivity contribution in [1.82, 2.24) is 9.55 Å². The van der Waals surface area contributed by atoms with Crippen LogP contribution in [0.2, 0.25) is 0 Å². The molecule has 122 valence electrons. The van der Waals surface area contributed by atoms with Crippen molar-refractivity contribution >= 4 is 5.82 Å². The van der Waals surface area contributed by atoms with Gasteiger partial charge < -0.3 is 9.64 Å². The smallest absolute Gasteiger partial charge is 0.352 e. The van der Waals surface area contributed by atoms with Crippen LogP contribution in [0.25, 0.3) is 0 Å². The lowest BCUT2D eigenvalue weighted by molar-refractivity contribution is 0.288. The van der Waals surface area contributed by atoms with E-state index in [1.807, 2.05) is 11.9 Å². The van der Waals surface area contributed by atoms with E-state index in [1.165, 1.54) is 4.57 Å². The molecule has 1 aromatic heterocycles. The van der Waals surface area contributed by atoms with Crippen molar-refractivity contribution in [1.29, 1.82) is 0 Å². The molecule has 0 atom stereocenters. The summed E-state index contributed by atoms with van der Waals surface area (Å²) in [4.78, 5) is 17.7. The number of nitrogens with zero attached hydrogens (tertiary/aromatic N) is 3. The minimum atomic E-state index is -1.53. The number of hydrogen-bond donors (Lipinski definition) is 0. The zero-order valence-corrected chi connectivity index (χ0v) is 12.4. The van der Waals surface area contributed by atoms with Crippen LogP contribution in [0.4, 0.5) is 19.0 Å². The van der Waals surface area contributed by atoms with E-state index in [9.17, 15) is 18.0 Å². The largest absolute Gasteiger partial charge is 0.473 e. The summed E-state index contributed by atoms with van der Waals surface area (Å²) in [5.41, 5.74) is -0.338. The van der Waals surface area contributed by atoms with Crippen molar-refractivity contribution in [2.45, 2.75) is 19.6 Å². The number of ether oxygens (including phenoxy) is 1. The molecule has 0 bridgehead atoms. The first-order valence-corrected chi connectivity index (χ1v) is 7.05. The third kappa shape index (κ3) is 3.01. The normalized spacial score (nSPS) is 13.8. The molecule has 2 heterocycles. The van der Waals surface area contributed by atoms with Gasteiger partial charge in [-0.2, -0.15) is 4.98 Å². The Kier molecular flexibility index (Phi) is 3.97. The average molecular weight is 325 g/mol. The average Bonchev–Trinajstić information content (AvgIpc) is 2.51. The zero-order chi connectivity index (χ0) is 16.6. The van der Waals surface area contributed by atoms with Crippen LogP contribution in [0.5, 0.6) is 5.88 Å². The number of anilines is 1. The standard InChI is InChI=1S/C15H14F3N3O2/c1-20-3-2-4-21-13(20)7-12(19-15(21)22)23-8-9-5-10(16)14(18)11(17)6-9/h5-7H,2-4,8H2,1H3. The Hall–Kier alpha value is -2.51. The molecule has 1 aromatic carbocycles. The molecule has 0 aliphatic carbocycles. The van der Waals surface area contributed by atoms with Crippen molar-refractivity contribution < 1.29 is 17.9 Å². The highest BCUT2D eigenvalue weighted by atomic mass is 19.2. The fraction of sp³-hybridized carbons (Fsp3) is 0.333. The number of aromatic nitrogens is 2. The second-order valence-electron chi connectivity index (χ2n) is 5.32. The molecule has 5 nitrogen and oxygen atoms in total. The molecule has 0 radical (unpaired) electrons. The topological polar surface area (TPSA) is 47.4 Å². The lowest BCUT2D eigenvalue weighted by Crippen LogP contribution is -2.36. The van der Waals surface area contributed by atoms with Gasteiger partial charge in [0.25, 0.3) is 0 Å². The molecule has 0 N–H and O–H groups in total. The fourth-order valence-electron chi connectivity index (χ4n) is 2.50. The Morgan fingerprint density at radius 1 is 1.17 bits per heavy atom. The SMILES string of the molecule is CN1CCCn2c1cc(OCc1cc(F)c(F)c(F)c1)nc2=O. The van der Waals surface area contributed by atoms with E-state index < -0.39 is 23.1 Å². The number of benzene rings is 1. The van der Waals surface area contributed by atoms with Crippen LogP contribution in [0.1, 0.15) is 12.0 Å². The van der Waals surface area contributed by atoms with Gasteiger partial charge in [-0.1, -0.05) is 0 Å². The van der Waals surface area contributed by atoms with Gasteiger partial charge in [0.15, 0.2) is 17.5 Å². The Bertz CT molecular complexity index is 784. The van der Waals surface area contributed by atoms with Gasteiger partial charge in [0.1, 0.15) is 12.4 Å². The van der Waals surface area contributed by atoms with Crippen LogP contribution < -0.4 is 15.3 Å². The quantitative estimate of drug-likeness (QED) is 0.811. The Labute approximate surface area is 129 Å². The molecule has 0 spiro atoms. The first-order valence-electron chi connectivity index (χ1n) is 7.05. The molecule has 3 rings (SSSR count). The van der Waals surface area contributed by atoms with Crippen LogP contribution in [0, 0.1) is 17.5 Å². The lowest BCUT2D eigenvalue weighted by atomic mass is 10.2. The van der Waals surface area contributed by atoms with Gasteiger partial charge in [-0.3, -0.25) is 4.57 Å². The van der Waals surface area contributed by atoms with E-state index in [0.29, 0.717) is 12.4 Å². The van der Waals surface area contributed by atoms with Gasteiger partial charge in [0.05, 0.1) is 0 Å². The number of fused-ring (bicyclic) bond motifs is 1. The van der Waals surface area contributed by atoms with Gasteiger partial charge in [-0.05, 0) is 24.1 Å². The maximum absolute atomic E-state index is 13.2. The summed E-state index contributed by atoms with van der Waals surface area (Å²) < 4.78 is 46.1. The van der Waals surface area contributed by atoms with E-state index in [-0.39, 0.29) is 18.1 Å². The molecule has 8 heteroatoms. The predicted molar refractivity (Wildman–Crippen MR) is 77.0 cm³/mol. The monoisotopic (exact) mass is 325 g/mol. The Morgan fingerprint density at radius 3 is 2.57 bits per heavy atom. The van der Waals surface area contributed by atoms with Gasteiger partial charge in [-0.25, -0.2) is 18.0 Å². The Morgan fingerprint density at radius 2 is 1.87 bits per heavy atom. The van der Waals surface area contributed by atoms with Gasteiger partial charge in [-0.15, -0.1) is 0 Å². The van der Waals surface area contributed by atoms with Crippen molar-refractivity contribution in [2.75, 3.05) is 18.5 Å². The summed E-state index contributed by atoms with van der Waals surface area (Å²) in [6.45, 7) is 1.16. The molecule has 0 fully saturated rings. The summed E-state index contributed by atoms with van der Waals surface area (Å²) in [6, 6.07) is 3.28. The zero-order valence-electron chi connectivity index (χ0n) is 12.4. The second-order valence-corrected chi connectivity index (χ2v) is 5.32. The first-order chi connectivity index (χ1) is 11.0. The van der Waals surface area contributed by atoms with Crippen molar-refractivity contribution in [2.24, 2.45) is 0 Å². The molecule has 1 aliphatic heterocycles. The molecule has 0 saturated carbocycles. The third-order valence-electron chi connectivity index (χ3n) is 3.66. The molecule has 0 amide bonds. The summed E-state index contributed by atoms with van der Waals surface area (Å²) in [5.74, 6) is -3.38. The lowest BCUT2D eigenvalue weighted by Gasteiger charge is -2.28. The van der Waals surface area contributed by atoms with E-state index in [1.54, 1.807) is 6.07 Å². The summed E-state index contributed by atoms with van der Waals surface area (Å²) in [6.07, 6.45) is 0.847. The highest BCUT2D eigenvalue weighted by Crippen LogP contribution is 2.21. The first kappa shape index (κ1) is 15.4. The number of halogens is 3. The van der Waals surface area contributed by atoms with Crippen LogP contribution >= 0.6 is 0 Å². The number of rotatable bonds is 3. The molecular weight excluding hydrogens is 311 g/mol.